The molecule has 1 atom stereocenters. The Hall–Kier alpha value is -3.65. The normalized spacial score (nSPS) is 15.6. The molecule has 2 heterocycles. The zero-order chi connectivity index (χ0) is 26.9. The number of hydrogen-bond acceptors (Lipinski definition) is 7. The van der Waals surface area contributed by atoms with Gasteiger partial charge in [-0.15, -0.1) is 0 Å². The summed E-state index contributed by atoms with van der Waals surface area (Å²) >= 11 is 1.29. The van der Waals surface area contributed by atoms with Crippen LogP contribution in [0.3, 0.4) is 0 Å². The van der Waals surface area contributed by atoms with Crippen LogP contribution in [0, 0.1) is 0 Å². The van der Waals surface area contributed by atoms with Crippen LogP contribution >= 0.6 is 11.3 Å². The fourth-order valence-electron chi connectivity index (χ4n) is 4.35. The maximum Gasteiger partial charge on any atom is 0.338 e. The molecule has 0 amide bonds. The van der Waals surface area contributed by atoms with Gasteiger partial charge in [-0.25, -0.2) is 9.79 Å². The van der Waals surface area contributed by atoms with Gasteiger partial charge in [0, 0.05) is 0 Å². The molecular formula is C29H32N2O5S. The van der Waals surface area contributed by atoms with Crippen molar-refractivity contribution in [3.63, 3.8) is 0 Å². The van der Waals surface area contributed by atoms with Crippen molar-refractivity contribution in [1.29, 1.82) is 0 Å². The zero-order valence-corrected chi connectivity index (χ0v) is 23.0. The smallest absolute Gasteiger partial charge is 0.338 e. The van der Waals surface area contributed by atoms with Gasteiger partial charge in [0.2, 0.25) is 0 Å². The van der Waals surface area contributed by atoms with Gasteiger partial charge in [-0.3, -0.25) is 9.36 Å². The van der Waals surface area contributed by atoms with Crippen molar-refractivity contribution >= 4 is 23.4 Å². The second-order valence-electron chi connectivity index (χ2n) is 9.47. The fraction of sp³-hybridized carbons (Fsp3) is 0.345. The topological polar surface area (TPSA) is 79.1 Å². The lowest BCUT2D eigenvalue weighted by Gasteiger charge is -2.24. The highest BCUT2D eigenvalue weighted by Gasteiger charge is 2.33. The van der Waals surface area contributed by atoms with Crippen molar-refractivity contribution in [2.45, 2.75) is 52.7 Å². The molecule has 0 radical (unpaired) electrons. The van der Waals surface area contributed by atoms with Crippen LogP contribution < -0.4 is 24.4 Å². The monoisotopic (exact) mass is 520 g/mol. The first-order chi connectivity index (χ1) is 17.6. The number of methoxy groups -OCH3 is 2. The van der Waals surface area contributed by atoms with Crippen molar-refractivity contribution in [3.8, 4) is 11.5 Å². The Kier molecular flexibility index (Phi) is 7.68. The first-order valence-electron chi connectivity index (χ1n) is 12.2. The van der Waals surface area contributed by atoms with Crippen LogP contribution in [0.25, 0.3) is 6.08 Å². The number of carbonyl (C=O) groups is 1. The van der Waals surface area contributed by atoms with Gasteiger partial charge in [0.05, 0.1) is 42.2 Å². The van der Waals surface area contributed by atoms with E-state index in [4.69, 9.17) is 14.2 Å². The number of ether oxygens (including phenoxy) is 3. The third kappa shape index (κ3) is 5.25. The standard InChI is InChI=1S/C29H32N2O5S/c1-16(2)20-9-11-21(12-10-20)26-25(28(33)35-7)18(5)30-29-31(26)27(32)24(37-29)15-19-8-13-22(36-17(3)4)23(14-19)34-6/h8-17,26H,1-7H3. The summed E-state index contributed by atoms with van der Waals surface area (Å²) in [6, 6.07) is 12.9. The summed E-state index contributed by atoms with van der Waals surface area (Å²) in [4.78, 5) is 31.8. The van der Waals surface area contributed by atoms with Gasteiger partial charge in [0.15, 0.2) is 16.3 Å². The van der Waals surface area contributed by atoms with Crippen LogP contribution in [0.15, 0.2) is 63.5 Å². The molecule has 8 heteroatoms. The van der Waals surface area contributed by atoms with Gasteiger partial charge >= 0.3 is 5.97 Å². The fourth-order valence-corrected chi connectivity index (χ4v) is 5.39. The second-order valence-corrected chi connectivity index (χ2v) is 10.5. The van der Waals surface area contributed by atoms with Gasteiger partial charge in [-0.1, -0.05) is 55.5 Å². The maximum atomic E-state index is 13.8. The first kappa shape index (κ1) is 26.4. The Morgan fingerprint density at radius 3 is 2.35 bits per heavy atom. The van der Waals surface area contributed by atoms with E-state index >= 15 is 0 Å². The number of rotatable bonds is 7. The molecule has 1 aromatic heterocycles. The van der Waals surface area contributed by atoms with E-state index in [0.717, 1.165) is 11.1 Å². The zero-order valence-electron chi connectivity index (χ0n) is 22.2. The minimum atomic E-state index is -0.636. The number of hydrogen-bond donors (Lipinski definition) is 0. The van der Waals surface area contributed by atoms with E-state index in [0.29, 0.717) is 38.0 Å². The molecule has 37 heavy (non-hydrogen) atoms. The minimum absolute atomic E-state index is 0.00490. The van der Waals surface area contributed by atoms with Crippen molar-refractivity contribution in [2.24, 2.45) is 4.99 Å². The summed E-state index contributed by atoms with van der Waals surface area (Å²) in [5.41, 5.74) is 3.46. The highest BCUT2D eigenvalue weighted by molar-refractivity contribution is 7.07. The average Bonchev–Trinajstić information content (AvgIpc) is 3.17. The Morgan fingerprint density at radius 1 is 1.05 bits per heavy atom. The molecular weight excluding hydrogens is 488 g/mol. The molecule has 0 saturated carbocycles. The quantitative estimate of drug-likeness (QED) is 0.434. The minimum Gasteiger partial charge on any atom is -0.493 e. The summed E-state index contributed by atoms with van der Waals surface area (Å²) in [6.45, 7) is 9.92. The van der Waals surface area contributed by atoms with E-state index in [-0.39, 0.29) is 11.7 Å². The molecule has 2 aromatic carbocycles. The molecule has 194 valence electrons. The van der Waals surface area contributed by atoms with E-state index in [2.05, 4.69) is 18.8 Å². The number of esters is 1. The van der Waals surface area contributed by atoms with Crippen LogP contribution in [0.2, 0.25) is 0 Å². The number of thiazole rings is 1. The highest BCUT2D eigenvalue weighted by Crippen LogP contribution is 2.32. The average molecular weight is 521 g/mol. The SMILES string of the molecule is COC(=O)C1=C(C)N=c2sc(=Cc3ccc(OC(C)C)c(OC)c3)c(=O)n2C1c1ccc(C(C)C)cc1. The molecule has 3 aromatic rings. The van der Waals surface area contributed by atoms with Gasteiger partial charge in [0.25, 0.3) is 5.56 Å². The van der Waals surface area contributed by atoms with E-state index in [1.165, 1.54) is 24.0 Å². The van der Waals surface area contributed by atoms with E-state index in [1.54, 1.807) is 18.6 Å². The van der Waals surface area contributed by atoms with E-state index in [1.807, 2.05) is 62.4 Å². The third-order valence-corrected chi connectivity index (χ3v) is 7.18. The van der Waals surface area contributed by atoms with Crippen LogP contribution in [-0.2, 0) is 9.53 Å². The Labute approximate surface area is 220 Å². The lowest BCUT2D eigenvalue weighted by molar-refractivity contribution is -0.136. The Morgan fingerprint density at radius 2 is 1.76 bits per heavy atom. The lowest BCUT2D eigenvalue weighted by Crippen LogP contribution is -2.39. The Balaban J connectivity index is 1.88. The van der Waals surface area contributed by atoms with Gasteiger partial charge in [-0.05, 0) is 61.6 Å². The predicted molar refractivity (Wildman–Crippen MR) is 145 cm³/mol. The molecule has 1 aliphatic heterocycles. The van der Waals surface area contributed by atoms with Crippen molar-refractivity contribution < 1.29 is 19.0 Å². The summed E-state index contributed by atoms with van der Waals surface area (Å²) in [6.07, 6.45) is 1.81. The van der Waals surface area contributed by atoms with Crippen molar-refractivity contribution in [3.05, 3.63) is 90.1 Å². The summed E-state index contributed by atoms with van der Waals surface area (Å²) < 4.78 is 18.5. The molecule has 0 saturated heterocycles. The van der Waals surface area contributed by atoms with Crippen LogP contribution in [-0.4, -0.2) is 30.9 Å². The highest BCUT2D eigenvalue weighted by atomic mass is 32.1. The first-order valence-corrected chi connectivity index (χ1v) is 13.0. The molecule has 0 fully saturated rings. The number of allylic oxidation sites excluding steroid dienone is 1. The maximum absolute atomic E-state index is 13.8. The molecule has 7 nitrogen and oxygen atoms in total. The van der Waals surface area contributed by atoms with Gasteiger partial charge in [0.1, 0.15) is 0 Å². The number of carbonyl (C=O) groups excluding carboxylic acids is 1. The number of benzene rings is 2. The molecule has 1 aliphatic rings. The summed E-state index contributed by atoms with van der Waals surface area (Å²) in [7, 11) is 2.93. The van der Waals surface area contributed by atoms with E-state index < -0.39 is 12.0 Å². The van der Waals surface area contributed by atoms with Crippen molar-refractivity contribution in [2.75, 3.05) is 14.2 Å². The molecule has 1 unspecified atom stereocenters. The molecule has 0 aliphatic carbocycles. The van der Waals surface area contributed by atoms with Crippen LogP contribution in [0.5, 0.6) is 11.5 Å². The number of fused-ring (bicyclic) bond motifs is 1. The summed E-state index contributed by atoms with van der Waals surface area (Å²) in [5, 5.41) is 0. The van der Waals surface area contributed by atoms with Crippen molar-refractivity contribution in [1.82, 2.24) is 4.57 Å². The predicted octanol–water partition coefficient (Wildman–Crippen LogP) is 4.33. The van der Waals surface area contributed by atoms with Crippen LogP contribution in [0.1, 0.15) is 63.3 Å². The second kappa shape index (κ2) is 10.8. The summed E-state index contributed by atoms with van der Waals surface area (Å²) in [5.74, 6) is 1.09. The van der Waals surface area contributed by atoms with Gasteiger partial charge in [-0.2, -0.15) is 0 Å². The van der Waals surface area contributed by atoms with E-state index in [9.17, 15) is 9.59 Å². The molecule has 0 N–H and O–H groups in total. The van der Waals surface area contributed by atoms with Crippen LogP contribution in [0.4, 0.5) is 0 Å². The third-order valence-electron chi connectivity index (χ3n) is 6.19. The lowest BCUT2D eigenvalue weighted by atomic mass is 9.93. The molecule has 0 spiro atoms. The molecule has 4 rings (SSSR count). The number of aromatic nitrogens is 1. The van der Waals surface area contributed by atoms with Gasteiger partial charge < -0.3 is 14.2 Å². The largest absolute Gasteiger partial charge is 0.493 e. The Bertz CT molecular complexity index is 1530. The number of nitrogens with zero attached hydrogens (tertiary/aromatic N) is 2. The molecule has 0 bridgehead atoms.